The van der Waals surface area contributed by atoms with Crippen LogP contribution in [0.25, 0.3) is 0 Å². The monoisotopic (exact) mass is 296 g/mol. The Balaban J connectivity index is 1.93. The molecule has 0 spiro atoms. The summed E-state index contributed by atoms with van der Waals surface area (Å²) in [6.45, 7) is 1.40. The highest BCUT2D eigenvalue weighted by molar-refractivity contribution is 6.18. The Morgan fingerprint density at radius 3 is 3.10 bits per heavy atom. The zero-order chi connectivity index (χ0) is 14.2. The highest BCUT2D eigenvalue weighted by atomic mass is 35.5. The molecule has 0 aromatic heterocycles. The van der Waals surface area contributed by atoms with Crippen molar-refractivity contribution in [3.8, 4) is 17.6 Å². The fourth-order valence-electron chi connectivity index (χ4n) is 2.10. The quantitative estimate of drug-likeness (QED) is 0.608. The van der Waals surface area contributed by atoms with Crippen LogP contribution in [-0.4, -0.2) is 25.2 Å². The maximum Gasteiger partial charge on any atom is 0.135 e. The molecule has 1 heterocycles. The molecule has 1 aliphatic heterocycles. The van der Waals surface area contributed by atoms with Crippen LogP contribution in [0.4, 0.5) is 4.39 Å². The number of alkyl halides is 1. The molecule has 0 amide bonds. The Labute approximate surface area is 124 Å². The molecule has 1 unspecified atom stereocenters. The minimum Gasteiger partial charge on any atom is -0.492 e. The summed E-state index contributed by atoms with van der Waals surface area (Å²) in [7, 11) is 0. The lowest BCUT2D eigenvalue weighted by molar-refractivity contribution is 0.0903. The van der Waals surface area contributed by atoms with Gasteiger partial charge in [-0.05, 0) is 31.0 Å². The summed E-state index contributed by atoms with van der Waals surface area (Å²) in [6.07, 6.45) is 3.94. The molecule has 0 aliphatic carbocycles. The van der Waals surface area contributed by atoms with Crippen LogP contribution < -0.4 is 4.74 Å². The molecule has 1 saturated heterocycles. The summed E-state index contributed by atoms with van der Waals surface area (Å²) in [4.78, 5) is 0. The van der Waals surface area contributed by atoms with Crippen molar-refractivity contribution in [3.63, 3.8) is 0 Å². The third kappa shape index (κ3) is 4.70. The van der Waals surface area contributed by atoms with E-state index in [1.807, 2.05) is 0 Å². The van der Waals surface area contributed by atoms with Crippen LogP contribution in [0.1, 0.15) is 31.2 Å². The molecule has 1 fully saturated rings. The number of rotatable bonds is 5. The van der Waals surface area contributed by atoms with E-state index in [0.717, 1.165) is 25.9 Å². The molecule has 0 N–H and O–H groups in total. The number of ether oxygens (including phenoxy) is 2. The van der Waals surface area contributed by atoms with Gasteiger partial charge in [-0.2, -0.15) is 0 Å². The normalized spacial score (nSPS) is 17.6. The Morgan fingerprint density at radius 1 is 1.45 bits per heavy atom. The lowest BCUT2D eigenvalue weighted by Crippen LogP contribution is -2.11. The fraction of sp³-hybridized carbons (Fsp3) is 0.500. The minimum atomic E-state index is -0.313. The van der Waals surface area contributed by atoms with Gasteiger partial charge in [0, 0.05) is 25.3 Å². The van der Waals surface area contributed by atoms with E-state index in [0.29, 0.717) is 36.3 Å². The van der Waals surface area contributed by atoms with E-state index in [4.69, 9.17) is 21.1 Å². The Kier molecular flexibility index (Phi) is 6.17. The van der Waals surface area contributed by atoms with E-state index < -0.39 is 0 Å². The minimum absolute atomic E-state index is 0.293. The molecule has 1 aliphatic rings. The van der Waals surface area contributed by atoms with Crippen LogP contribution >= 0.6 is 11.6 Å². The maximum atomic E-state index is 13.3. The van der Waals surface area contributed by atoms with Crippen LogP contribution in [0.15, 0.2) is 18.2 Å². The summed E-state index contributed by atoms with van der Waals surface area (Å²) in [5.41, 5.74) is 0.572. The topological polar surface area (TPSA) is 18.5 Å². The van der Waals surface area contributed by atoms with E-state index in [1.54, 1.807) is 6.07 Å². The van der Waals surface area contributed by atoms with Crippen LogP contribution in [0.5, 0.6) is 5.75 Å². The van der Waals surface area contributed by atoms with Crippen molar-refractivity contribution in [2.75, 3.05) is 19.1 Å². The third-order valence-electron chi connectivity index (χ3n) is 3.11. The first-order valence-electron chi connectivity index (χ1n) is 6.88. The van der Waals surface area contributed by atoms with E-state index in [9.17, 15) is 4.39 Å². The van der Waals surface area contributed by atoms with Crippen LogP contribution in [0.2, 0.25) is 0 Å². The van der Waals surface area contributed by atoms with Gasteiger partial charge in [0.15, 0.2) is 0 Å². The molecule has 1 aromatic rings. The highest BCUT2D eigenvalue weighted by Gasteiger charge is 2.15. The maximum absolute atomic E-state index is 13.3. The second kappa shape index (κ2) is 8.14. The summed E-state index contributed by atoms with van der Waals surface area (Å²) in [5.74, 6) is 6.57. The molecular formula is C16H18ClFO2. The van der Waals surface area contributed by atoms with Crippen LogP contribution in [0.3, 0.4) is 0 Å². The Bertz CT molecular complexity index is 487. The molecule has 0 radical (unpaired) electrons. The van der Waals surface area contributed by atoms with Gasteiger partial charge in [-0.15, -0.1) is 11.6 Å². The second-order valence-corrected chi connectivity index (χ2v) is 5.03. The molecule has 108 valence electrons. The number of benzene rings is 1. The third-order valence-corrected chi connectivity index (χ3v) is 3.29. The van der Waals surface area contributed by atoms with Gasteiger partial charge >= 0.3 is 0 Å². The lowest BCUT2D eigenvalue weighted by Gasteiger charge is -2.11. The van der Waals surface area contributed by atoms with Crippen molar-refractivity contribution in [3.05, 3.63) is 29.6 Å². The molecule has 1 aromatic carbocycles. The average molecular weight is 297 g/mol. The van der Waals surface area contributed by atoms with Gasteiger partial charge in [-0.1, -0.05) is 11.8 Å². The van der Waals surface area contributed by atoms with Crippen molar-refractivity contribution >= 4 is 11.6 Å². The predicted molar refractivity (Wildman–Crippen MR) is 77.7 cm³/mol. The van der Waals surface area contributed by atoms with Crippen LogP contribution in [-0.2, 0) is 4.74 Å². The standard InChI is InChI=1S/C16H18ClFO2/c17-9-2-1-4-13-12-14(18)6-7-16(13)20-11-8-15-5-3-10-19-15/h6-7,12,15H,2-3,5,8-11H2. The van der Waals surface area contributed by atoms with Gasteiger partial charge in [0.25, 0.3) is 0 Å². The highest BCUT2D eigenvalue weighted by Crippen LogP contribution is 2.21. The first-order valence-corrected chi connectivity index (χ1v) is 7.42. The summed E-state index contributed by atoms with van der Waals surface area (Å²) >= 11 is 5.57. The van der Waals surface area contributed by atoms with Gasteiger partial charge < -0.3 is 9.47 Å². The lowest BCUT2D eigenvalue weighted by atomic mass is 10.2. The van der Waals surface area contributed by atoms with Gasteiger partial charge in [-0.25, -0.2) is 4.39 Å². The van der Waals surface area contributed by atoms with E-state index >= 15 is 0 Å². The van der Waals surface area contributed by atoms with Crippen molar-refractivity contribution < 1.29 is 13.9 Å². The van der Waals surface area contributed by atoms with Crippen molar-refractivity contribution in [1.29, 1.82) is 0 Å². The van der Waals surface area contributed by atoms with Gasteiger partial charge in [-0.3, -0.25) is 0 Å². The van der Waals surface area contributed by atoms with Crippen LogP contribution in [0, 0.1) is 17.7 Å². The molecular weight excluding hydrogens is 279 g/mol. The SMILES string of the molecule is Fc1ccc(OCCC2CCCO2)c(C#CCCCl)c1. The zero-order valence-corrected chi connectivity index (χ0v) is 12.1. The largest absolute Gasteiger partial charge is 0.492 e. The van der Waals surface area contributed by atoms with Gasteiger partial charge in [0.1, 0.15) is 11.6 Å². The second-order valence-electron chi connectivity index (χ2n) is 4.65. The predicted octanol–water partition coefficient (Wildman–Crippen LogP) is 3.75. The van der Waals surface area contributed by atoms with Crippen molar-refractivity contribution in [2.45, 2.75) is 31.8 Å². The summed E-state index contributed by atoms with van der Waals surface area (Å²) in [5, 5.41) is 0. The molecule has 0 saturated carbocycles. The molecule has 4 heteroatoms. The van der Waals surface area contributed by atoms with E-state index in [2.05, 4.69) is 11.8 Å². The van der Waals surface area contributed by atoms with Gasteiger partial charge in [0.2, 0.25) is 0 Å². The molecule has 2 rings (SSSR count). The molecule has 2 nitrogen and oxygen atoms in total. The number of hydrogen-bond donors (Lipinski definition) is 0. The molecule has 20 heavy (non-hydrogen) atoms. The first-order chi connectivity index (χ1) is 9.79. The summed E-state index contributed by atoms with van der Waals surface area (Å²) in [6, 6.07) is 4.40. The average Bonchev–Trinajstić information content (AvgIpc) is 2.95. The first kappa shape index (κ1) is 15.2. The number of halogens is 2. The van der Waals surface area contributed by atoms with Crippen molar-refractivity contribution in [2.24, 2.45) is 0 Å². The Hall–Kier alpha value is -1.24. The zero-order valence-electron chi connectivity index (χ0n) is 11.3. The van der Waals surface area contributed by atoms with Crippen molar-refractivity contribution in [1.82, 2.24) is 0 Å². The molecule has 0 bridgehead atoms. The Morgan fingerprint density at radius 2 is 2.35 bits per heavy atom. The van der Waals surface area contributed by atoms with Gasteiger partial charge in [0.05, 0.1) is 18.3 Å². The summed E-state index contributed by atoms with van der Waals surface area (Å²) < 4.78 is 24.5. The van der Waals surface area contributed by atoms with E-state index in [1.165, 1.54) is 12.1 Å². The van der Waals surface area contributed by atoms with E-state index in [-0.39, 0.29) is 5.82 Å². The number of hydrogen-bond acceptors (Lipinski definition) is 2. The fourth-order valence-corrected chi connectivity index (χ4v) is 2.20. The smallest absolute Gasteiger partial charge is 0.135 e. The molecule has 1 atom stereocenters.